The van der Waals surface area contributed by atoms with E-state index in [4.69, 9.17) is 5.73 Å². The SMILES string of the molecule is C[C@H](N)CNc1ccc(C(=O)Nc2cnn3cccnc23)c2nccnc12. The van der Waals surface area contributed by atoms with Gasteiger partial charge in [0.05, 0.1) is 17.4 Å². The number of aromatic nitrogens is 5. The predicted molar refractivity (Wildman–Crippen MR) is 103 cm³/mol. The van der Waals surface area contributed by atoms with Crippen molar-refractivity contribution in [2.75, 3.05) is 17.2 Å². The van der Waals surface area contributed by atoms with Crippen LogP contribution in [0.3, 0.4) is 0 Å². The van der Waals surface area contributed by atoms with Crippen LogP contribution in [0.15, 0.2) is 49.2 Å². The number of hydrogen-bond donors (Lipinski definition) is 3. The first-order chi connectivity index (χ1) is 13.1. The van der Waals surface area contributed by atoms with Crippen molar-refractivity contribution in [1.82, 2.24) is 24.6 Å². The lowest BCUT2D eigenvalue weighted by Gasteiger charge is -2.13. The average molecular weight is 362 g/mol. The minimum atomic E-state index is -0.306. The largest absolute Gasteiger partial charge is 0.382 e. The zero-order valence-corrected chi connectivity index (χ0v) is 14.6. The number of fused-ring (bicyclic) bond motifs is 2. The van der Waals surface area contributed by atoms with Crippen molar-refractivity contribution in [3.05, 3.63) is 54.7 Å². The maximum atomic E-state index is 12.9. The van der Waals surface area contributed by atoms with Gasteiger partial charge < -0.3 is 16.4 Å². The highest BCUT2D eigenvalue weighted by Crippen LogP contribution is 2.24. The molecule has 0 aliphatic carbocycles. The van der Waals surface area contributed by atoms with Gasteiger partial charge in [-0.25, -0.2) is 9.50 Å². The molecule has 0 saturated heterocycles. The van der Waals surface area contributed by atoms with Crippen LogP contribution in [0, 0.1) is 0 Å². The highest BCUT2D eigenvalue weighted by atomic mass is 16.1. The number of carbonyl (C=O) groups excluding carboxylic acids is 1. The molecule has 136 valence electrons. The molecule has 9 heteroatoms. The molecular formula is C18H18N8O. The highest BCUT2D eigenvalue weighted by molar-refractivity contribution is 6.13. The van der Waals surface area contributed by atoms with E-state index >= 15 is 0 Å². The van der Waals surface area contributed by atoms with Gasteiger partial charge in [-0.05, 0) is 25.1 Å². The molecule has 0 spiro atoms. The zero-order valence-electron chi connectivity index (χ0n) is 14.6. The number of anilines is 2. The van der Waals surface area contributed by atoms with Crippen LogP contribution in [0.1, 0.15) is 17.3 Å². The van der Waals surface area contributed by atoms with Gasteiger partial charge in [0.2, 0.25) is 0 Å². The van der Waals surface area contributed by atoms with Crippen molar-refractivity contribution in [3.8, 4) is 0 Å². The molecule has 0 unspecified atom stereocenters. The van der Waals surface area contributed by atoms with Crippen molar-refractivity contribution in [1.29, 1.82) is 0 Å². The zero-order chi connectivity index (χ0) is 18.8. The van der Waals surface area contributed by atoms with E-state index in [2.05, 4.69) is 30.7 Å². The molecule has 0 aliphatic rings. The van der Waals surface area contributed by atoms with Gasteiger partial charge in [0.1, 0.15) is 16.7 Å². The van der Waals surface area contributed by atoms with Crippen LogP contribution in [-0.2, 0) is 0 Å². The Morgan fingerprint density at radius 2 is 1.96 bits per heavy atom. The summed E-state index contributed by atoms with van der Waals surface area (Å²) in [4.78, 5) is 25.8. The van der Waals surface area contributed by atoms with E-state index in [1.54, 1.807) is 47.6 Å². The summed E-state index contributed by atoms with van der Waals surface area (Å²) in [6, 6.07) is 5.28. The molecule has 0 radical (unpaired) electrons. The molecule has 1 amide bonds. The summed E-state index contributed by atoms with van der Waals surface area (Å²) in [6.07, 6.45) is 8.12. The summed E-state index contributed by atoms with van der Waals surface area (Å²) in [5.74, 6) is -0.306. The second-order valence-corrected chi connectivity index (χ2v) is 6.17. The molecule has 3 aromatic heterocycles. The highest BCUT2D eigenvalue weighted by Gasteiger charge is 2.16. The Bertz CT molecular complexity index is 1120. The maximum absolute atomic E-state index is 12.9. The van der Waals surface area contributed by atoms with Gasteiger partial charge in [-0.1, -0.05) is 0 Å². The molecule has 3 heterocycles. The third-order valence-corrected chi connectivity index (χ3v) is 4.01. The van der Waals surface area contributed by atoms with Crippen molar-refractivity contribution in [3.63, 3.8) is 0 Å². The van der Waals surface area contributed by atoms with E-state index < -0.39 is 0 Å². The normalized spacial score (nSPS) is 12.2. The van der Waals surface area contributed by atoms with Crippen LogP contribution in [0.5, 0.6) is 0 Å². The molecule has 27 heavy (non-hydrogen) atoms. The number of carbonyl (C=O) groups is 1. The van der Waals surface area contributed by atoms with Crippen molar-refractivity contribution in [2.24, 2.45) is 5.73 Å². The Kier molecular flexibility index (Phi) is 4.35. The summed E-state index contributed by atoms with van der Waals surface area (Å²) in [6.45, 7) is 2.50. The maximum Gasteiger partial charge on any atom is 0.258 e. The summed E-state index contributed by atoms with van der Waals surface area (Å²) < 4.78 is 1.59. The minimum Gasteiger partial charge on any atom is -0.382 e. The van der Waals surface area contributed by atoms with Crippen LogP contribution >= 0.6 is 0 Å². The van der Waals surface area contributed by atoms with E-state index in [9.17, 15) is 4.79 Å². The number of benzene rings is 1. The Balaban J connectivity index is 1.69. The molecular weight excluding hydrogens is 344 g/mol. The molecule has 0 saturated carbocycles. The lowest BCUT2D eigenvalue weighted by molar-refractivity contribution is 0.102. The number of amides is 1. The molecule has 1 atom stereocenters. The van der Waals surface area contributed by atoms with Gasteiger partial charge in [-0.2, -0.15) is 5.10 Å². The second kappa shape index (κ2) is 6.96. The quantitative estimate of drug-likeness (QED) is 0.493. The van der Waals surface area contributed by atoms with Gasteiger partial charge in [0.25, 0.3) is 5.91 Å². The average Bonchev–Trinajstić information content (AvgIpc) is 3.09. The molecule has 4 rings (SSSR count). The van der Waals surface area contributed by atoms with E-state index in [-0.39, 0.29) is 11.9 Å². The van der Waals surface area contributed by atoms with Gasteiger partial charge in [-0.3, -0.25) is 14.8 Å². The molecule has 4 N–H and O–H groups in total. The fourth-order valence-electron chi connectivity index (χ4n) is 2.76. The third-order valence-electron chi connectivity index (χ3n) is 4.01. The van der Waals surface area contributed by atoms with Crippen LogP contribution in [0.2, 0.25) is 0 Å². The van der Waals surface area contributed by atoms with E-state index in [0.29, 0.717) is 34.5 Å². The van der Waals surface area contributed by atoms with Crippen molar-refractivity contribution in [2.45, 2.75) is 13.0 Å². The Morgan fingerprint density at radius 3 is 2.78 bits per heavy atom. The number of nitrogens with two attached hydrogens (primary N) is 1. The molecule has 0 fully saturated rings. The predicted octanol–water partition coefficient (Wildman–Crippen LogP) is 1.68. The van der Waals surface area contributed by atoms with Crippen LogP contribution < -0.4 is 16.4 Å². The Morgan fingerprint density at radius 1 is 1.15 bits per heavy atom. The molecule has 0 bridgehead atoms. The first-order valence-corrected chi connectivity index (χ1v) is 8.46. The molecule has 4 aromatic rings. The summed E-state index contributed by atoms with van der Waals surface area (Å²) in [5.41, 5.74) is 9.22. The van der Waals surface area contributed by atoms with Crippen molar-refractivity contribution >= 4 is 34.0 Å². The number of nitrogens with one attached hydrogen (secondary N) is 2. The van der Waals surface area contributed by atoms with E-state index in [1.165, 1.54) is 0 Å². The lowest BCUT2D eigenvalue weighted by atomic mass is 10.1. The van der Waals surface area contributed by atoms with Gasteiger partial charge in [0, 0.05) is 37.4 Å². The molecule has 9 nitrogen and oxygen atoms in total. The van der Waals surface area contributed by atoms with E-state index in [1.807, 2.05) is 13.0 Å². The number of rotatable bonds is 5. The van der Waals surface area contributed by atoms with Crippen LogP contribution in [-0.4, -0.2) is 43.1 Å². The van der Waals surface area contributed by atoms with E-state index in [0.717, 1.165) is 5.69 Å². The Hall–Kier alpha value is -3.59. The lowest BCUT2D eigenvalue weighted by Crippen LogP contribution is -2.25. The first kappa shape index (κ1) is 16.9. The number of hydrogen-bond acceptors (Lipinski definition) is 7. The first-order valence-electron chi connectivity index (χ1n) is 8.46. The summed E-state index contributed by atoms with van der Waals surface area (Å²) >= 11 is 0. The fourth-order valence-corrected chi connectivity index (χ4v) is 2.76. The van der Waals surface area contributed by atoms with Crippen LogP contribution in [0.25, 0.3) is 16.7 Å². The van der Waals surface area contributed by atoms with Crippen LogP contribution in [0.4, 0.5) is 11.4 Å². The van der Waals surface area contributed by atoms with Gasteiger partial charge in [-0.15, -0.1) is 0 Å². The topological polar surface area (TPSA) is 123 Å². The molecule has 0 aliphatic heterocycles. The smallest absolute Gasteiger partial charge is 0.258 e. The van der Waals surface area contributed by atoms with Gasteiger partial charge >= 0.3 is 0 Å². The monoisotopic (exact) mass is 362 g/mol. The summed E-state index contributed by atoms with van der Waals surface area (Å²) in [5, 5.41) is 10.3. The number of nitrogens with zero attached hydrogens (tertiary/aromatic N) is 5. The minimum absolute atomic E-state index is 0.0113. The Labute approximate surface area is 154 Å². The van der Waals surface area contributed by atoms with Crippen molar-refractivity contribution < 1.29 is 4.79 Å². The second-order valence-electron chi connectivity index (χ2n) is 6.17. The summed E-state index contributed by atoms with van der Waals surface area (Å²) in [7, 11) is 0. The van der Waals surface area contributed by atoms with Gasteiger partial charge in [0.15, 0.2) is 5.65 Å². The fraction of sp³-hybridized carbons (Fsp3) is 0.167. The third kappa shape index (κ3) is 3.27. The standard InChI is InChI=1S/C18H18N8O/c1-11(19)9-23-13-4-3-12(15-16(13)21-7-6-20-15)18(27)25-14-10-24-26-8-2-5-22-17(14)26/h2-8,10-11,23H,9,19H2,1H3,(H,25,27)/t11-/m0/s1. The molecule has 1 aromatic carbocycles.